The van der Waals surface area contributed by atoms with Gasteiger partial charge in [-0.25, -0.2) is 0 Å². The molecule has 0 spiro atoms. The molecule has 84 valence electrons. The fourth-order valence-corrected chi connectivity index (χ4v) is 1.37. The van der Waals surface area contributed by atoms with Crippen molar-refractivity contribution in [2.45, 2.75) is 40.7 Å². The summed E-state index contributed by atoms with van der Waals surface area (Å²) in [6, 6.07) is 2.06. The molecule has 0 amide bonds. The van der Waals surface area contributed by atoms with Crippen molar-refractivity contribution in [2.24, 2.45) is 5.41 Å². The van der Waals surface area contributed by atoms with Crippen LogP contribution < -0.4 is 5.32 Å². The zero-order valence-corrected chi connectivity index (χ0v) is 10.3. The van der Waals surface area contributed by atoms with Gasteiger partial charge in [0.2, 0.25) is 0 Å². The molecule has 0 unspecified atom stereocenters. The number of pyridine rings is 1. The van der Waals surface area contributed by atoms with Crippen LogP contribution in [0.15, 0.2) is 18.5 Å². The fourth-order valence-electron chi connectivity index (χ4n) is 1.37. The maximum Gasteiger partial charge on any atom is 0.0315 e. The molecule has 15 heavy (non-hydrogen) atoms. The zero-order chi connectivity index (χ0) is 11.3. The third kappa shape index (κ3) is 4.93. The Morgan fingerprint density at radius 2 is 2.07 bits per heavy atom. The molecule has 1 aromatic heterocycles. The van der Waals surface area contributed by atoms with Crippen LogP contribution in [0.4, 0.5) is 0 Å². The second-order valence-electron chi connectivity index (χ2n) is 5.29. The molecule has 0 saturated heterocycles. The highest BCUT2D eigenvalue weighted by Gasteiger charge is 2.08. The van der Waals surface area contributed by atoms with Crippen LogP contribution in [-0.4, -0.2) is 11.5 Å². The first-order valence-corrected chi connectivity index (χ1v) is 5.59. The molecule has 2 heteroatoms. The molecular formula is C13H22N2. The van der Waals surface area contributed by atoms with E-state index >= 15 is 0 Å². The molecule has 0 bridgehead atoms. The lowest BCUT2D eigenvalue weighted by atomic mass is 9.92. The van der Waals surface area contributed by atoms with Gasteiger partial charge in [-0.3, -0.25) is 4.98 Å². The molecule has 0 radical (unpaired) electrons. The van der Waals surface area contributed by atoms with E-state index in [1.165, 1.54) is 17.5 Å². The average molecular weight is 206 g/mol. The Kier molecular flexibility index (Phi) is 4.28. The molecule has 1 N–H and O–H groups in total. The molecule has 2 nitrogen and oxygen atoms in total. The van der Waals surface area contributed by atoms with Crippen molar-refractivity contribution in [1.82, 2.24) is 10.3 Å². The van der Waals surface area contributed by atoms with E-state index in [4.69, 9.17) is 0 Å². The summed E-state index contributed by atoms with van der Waals surface area (Å²) in [7, 11) is 0. The summed E-state index contributed by atoms with van der Waals surface area (Å²) in [5, 5.41) is 3.46. The maximum absolute atomic E-state index is 4.13. The Bertz CT molecular complexity index is 300. The minimum absolute atomic E-state index is 0.414. The van der Waals surface area contributed by atoms with Crippen LogP contribution >= 0.6 is 0 Å². The van der Waals surface area contributed by atoms with Crippen LogP contribution in [0.5, 0.6) is 0 Å². The van der Waals surface area contributed by atoms with E-state index in [2.05, 4.69) is 44.1 Å². The molecule has 0 aromatic carbocycles. The molecule has 0 aliphatic carbocycles. The van der Waals surface area contributed by atoms with Gasteiger partial charge in [-0.1, -0.05) is 20.8 Å². The predicted molar refractivity (Wildman–Crippen MR) is 64.8 cm³/mol. The smallest absolute Gasteiger partial charge is 0.0315 e. The van der Waals surface area contributed by atoms with Gasteiger partial charge in [0.1, 0.15) is 0 Å². The minimum Gasteiger partial charge on any atom is -0.313 e. The summed E-state index contributed by atoms with van der Waals surface area (Å²) in [5.74, 6) is 0. The van der Waals surface area contributed by atoms with Gasteiger partial charge in [-0.2, -0.15) is 0 Å². The lowest BCUT2D eigenvalue weighted by Gasteiger charge is -2.18. The van der Waals surface area contributed by atoms with E-state index in [9.17, 15) is 0 Å². The standard InChI is InChI=1S/C13H22N2/c1-11-5-7-14-9-12(11)10-15-8-6-13(2,3)4/h5,7,9,15H,6,8,10H2,1-4H3. The average Bonchev–Trinajstić information content (AvgIpc) is 2.13. The number of rotatable bonds is 4. The zero-order valence-electron chi connectivity index (χ0n) is 10.3. The summed E-state index contributed by atoms with van der Waals surface area (Å²) in [6.45, 7) is 10.9. The van der Waals surface area contributed by atoms with Gasteiger partial charge in [0.05, 0.1) is 0 Å². The summed E-state index contributed by atoms with van der Waals surface area (Å²) in [4.78, 5) is 4.13. The number of hydrogen-bond donors (Lipinski definition) is 1. The van der Waals surface area contributed by atoms with Gasteiger partial charge in [-0.05, 0) is 42.5 Å². The van der Waals surface area contributed by atoms with Crippen molar-refractivity contribution < 1.29 is 0 Å². The van der Waals surface area contributed by atoms with Gasteiger partial charge in [0.15, 0.2) is 0 Å². The van der Waals surface area contributed by atoms with E-state index in [1.54, 1.807) is 0 Å². The van der Waals surface area contributed by atoms with Crippen LogP contribution in [0.25, 0.3) is 0 Å². The molecule has 0 aliphatic rings. The van der Waals surface area contributed by atoms with E-state index in [1.807, 2.05) is 12.4 Å². The van der Waals surface area contributed by atoms with Crippen LogP contribution in [0, 0.1) is 12.3 Å². The Hall–Kier alpha value is -0.890. The molecule has 1 rings (SSSR count). The van der Waals surface area contributed by atoms with Crippen molar-refractivity contribution >= 4 is 0 Å². The molecule has 0 saturated carbocycles. The first-order valence-electron chi connectivity index (χ1n) is 5.59. The number of hydrogen-bond acceptors (Lipinski definition) is 2. The van der Waals surface area contributed by atoms with Gasteiger partial charge in [0.25, 0.3) is 0 Å². The molecule has 1 heterocycles. The van der Waals surface area contributed by atoms with Crippen LogP contribution in [0.3, 0.4) is 0 Å². The summed E-state index contributed by atoms with van der Waals surface area (Å²) >= 11 is 0. The monoisotopic (exact) mass is 206 g/mol. The molecule has 0 atom stereocenters. The van der Waals surface area contributed by atoms with Crippen molar-refractivity contribution in [2.75, 3.05) is 6.54 Å². The van der Waals surface area contributed by atoms with Crippen molar-refractivity contribution in [3.05, 3.63) is 29.6 Å². The van der Waals surface area contributed by atoms with Gasteiger partial charge in [0, 0.05) is 18.9 Å². The van der Waals surface area contributed by atoms with Crippen molar-refractivity contribution in [3.8, 4) is 0 Å². The Labute approximate surface area is 93.1 Å². The quantitative estimate of drug-likeness (QED) is 0.766. The van der Waals surface area contributed by atoms with Crippen molar-refractivity contribution in [1.29, 1.82) is 0 Å². The Morgan fingerprint density at radius 3 is 2.67 bits per heavy atom. The third-order valence-corrected chi connectivity index (χ3v) is 2.51. The van der Waals surface area contributed by atoms with Crippen LogP contribution in [0.1, 0.15) is 38.3 Å². The summed E-state index contributed by atoms with van der Waals surface area (Å²) in [6.07, 6.45) is 4.99. The highest BCUT2D eigenvalue weighted by molar-refractivity contribution is 5.20. The second-order valence-corrected chi connectivity index (χ2v) is 5.29. The maximum atomic E-state index is 4.13. The minimum atomic E-state index is 0.414. The van der Waals surface area contributed by atoms with E-state index in [0.717, 1.165) is 13.1 Å². The highest BCUT2D eigenvalue weighted by atomic mass is 14.9. The largest absolute Gasteiger partial charge is 0.313 e. The summed E-state index contributed by atoms with van der Waals surface area (Å²) in [5.41, 5.74) is 3.02. The first-order chi connectivity index (χ1) is 6.99. The number of aryl methyl sites for hydroxylation is 1. The van der Waals surface area contributed by atoms with Gasteiger partial charge >= 0.3 is 0 Å². The molecule has 0 fully saturated rings. The van der Waals surface area contributed by atoms with Crippen LogP contribution in [0.2, 0.25) is 0 Å². The number of aromatic nitrogens is 1. The third-order valence-electron chi connectivity index (χ3n) is 2.51. The Balaban J connectivity index is 2.30. The lowest BCUT2D eigenvalue weighted by molar-refractivity contribution is 0.366. The fraction of sp³-hybridized carbons (Fsp3) is 0.615. The first kappa shape index (κ1) is 12.2. The normalized spacial score (nSPS) is 11.7. The van der Waals surface area contributed by atoms with Gasteiger partial charge in [-0.15, -0.1) is 0 Å². The Morgan fingerprint density at radius 1 is 1.33 bits per heavy atom. The topological polar surface area (TPSA) is 24.9 Å². The van der Waals surface area contributed by atoms with Crippen molar-refractivity contribution in [3.63, 3.8) is 0 Å². The van der Waals surface area contributed by atoms with Crippen LogP contribution in [-0.2, 0) is 6.54 Å². The second kappa shape index (κ2) is 5.26. The molecule has 1 aromatic rings. The molecule has 0 aliphatic heterocycles. The van der Waals surface area contributed by atoms with E-state index in [0.29, 0.717) is 5.41 Å². The SMILES string of the molecule is Cc1ccncc1CNCCC(C)(C)C. The predicted octanol–water partition coefficient (Wildman–Crippen LogP) is 2.92. The van der Waals surface area contributed by atoms with E-state index < -0.39 is 0 Å². The summed E-state index contributed by atoms with van der Waals surface area (Å²) < 4.78 is 0. The molecular weight excluding hydrogens is 184 g/mol. The number of nitrogens with zero attached hydrogens (tertiary/aromatic N) is 1. The lowest BCUT2D eigenvalue weighted by Crippen LogP contribution is -2.20. The highest BCUT2D eigenvalue weighted by Crippen LogP contribution is 2.17. The van der Waals surface area contributed by atoms with E-state index in [-0.39, 0.29) is 0 Å². The van der Waals surface area contributed by atoms with Gasteiger partial charge < -0.3 is 5.32 Å². The number of nitrogens with one attached hydrogen (secondary N) is 1.